The van der Waals surface area contributed by atoms with Gasteiger partial charge in [-0.3, -0.25) is 0 Å². The summed E-state index contributed by atoms with van der Waals surface area (Å²) in [6, 6.07) is 6.68. The van der Waals surface area contributed by atoms with Gasteiger partial charge >= 0.3 is 12.1 Å². The van der Waals surface area contributed by atoms with E-state index in [2.05, 4.69) is 20.7 Å². The molecule has 0 saturated carbocycles. The lowest BCUT2D eigenvalue weighted by atomic mass is 10.0. The Bertz CT molecular complexity index is 446. The smallest absolute Gasteiger partial charge is 0.416 e. The largest absolute Gasteiger partial charge is 0.459 e. The van der Waals surface area contributed by atoms with Crippen LogP contribution in [0.1, 0.15) is 12.5 Å². The van der Waals surface area contributed by atoms with E-state index in [4.69, 9.17) is 5.73 Å². The van der Waals surface area contributed by atoms with Gasteiger partial charge in [0.25, 0.3) is 0 Å². The van der Waals surface area contributed by atoms with Gasteiger partial charge in [-0.05, 0) is 24.6 Å². The van der Waals surface area contributed by atoms with Crippen molar-refractivity contribution in [1.29, 1.82) is 0 Å². The highest BCUT2D eigenvalue weighted by Gasteiger charge is 2.55. The fourth-order valence-corrected chi connectivity index (χ4v) is 1.49. The highest BCUT2D eigenvalue weighted by Crippen LogP contribution is 2.29. The molecule has 3 nitrogen and oxygen atoms in total. The van der Waals surface area contributed by atoms with Crippen LogP contribution in [-0.2, 0) is 16.1 Å². The van der Waals surface area contributed by atoms with Crippen molar-refractivity contribution in [2.75, 3.05) is 0 Å². The number of benzene rings is 1. The van der Waals surface area contributed by atoms with Crippen molar-refractivity contribution < 1.29 is 22.7 Å². The van der Waals surface area contributed by atoms with E-state index in [0.717, 1.165) is 4.47 Å². The lowest BCUT2D eigenvalue weighted by molar-refractivity contribution is -0.202. The molecule has 0 fully saturated rings. The molecule has 1 aromatic carbocycles. The maximum Gasteiger partial charge on any atom is 0.416 e. The average molecular weight is 326 g/mol. The molecule has 7 heteroatoms. The molecule has 0 spiro atoms. The summed E-state index contributed by atoms with van der Waals surface area (Å²) in [6.45, 7) is 0.317. The van der Waals surface area contributed by atoms with Crippen molar-refractivity contribution >= 4 is 21.9 Å². The van der Waals surface area contributed by atoms with Gasteiger partial charge in [-0.15, -0.1) is 0 Å². The van der Waals surface area contributed by atoms with E-state index in [0.29, 0.717) is 12.5 Å². The molecule has 2 N–H and O–H groups in total. The number of hydrogen-bond donors (Lipinski definition) is 1. The molecule has 0 heterocycles. The lowest BCUT2D eigenvalue weighted by Gasteiger charge is -2.25. The first kappa shape index (κ1) is 15.0. The summed E-state index contributed by atoms with van der Waals surface area (Å²) in [4.78, 5) is 11.3. The number of carbonyl (C=O) groups excluding carboxylic acids is 1. The van der Waals surface area contributed by atoms with E-state index < -0.39 is 17.7 Å². The van der Waals surface area contributed by atoms with Gasteiger partial charge in [-0.25, -0.2) is 4.79 Å². The Labute approximate surface area is 110 Å². The van der Waals surface area contributed by atoms with Gasteiger partial charge in [-0.2, -0.15) is 13.2 Å². The fourth-order valence-electron chi connectivity index (χ4n) is 1.04. The summed E-state index contributed by atoms with van der Waals surface area (Å²) < 4.78 is 42.6. The van der Waals surface area contributed by atoms with Gasteiger partial charge in [0.15, 0.2) is 0 Å². The third kappa shape index (κ3) is 3.46. The zero-order valence-electron chi connectivity index (χ0n) is 9.42. The molecule has 100 valence electrons. The molecule has 0 bridgehead atoms. The van der Waals surface area contributed by atoms with E-state index in [-0.39, 0.29) is 6.61 Å². The van der Waals surface area contributed by atoms with Crippen LogP contribution in [0.5, 0.6) is 0 Å². The normalized spacial score (nSPS) is 15.0. The molecule has 0 radical (unpaired) electrons. The van der Waals surface area contributed by atoms with Gasteiger partial charge in [0.1, 0.15) is 6.61 Å². The molecule has 0 saturated heterocycles. The number of rotatable bonds is 3. The first-order valence-corrected chi connectivity index (χ1v) is 5.71. The highest BCUT2D eigenvalue weighted by atomic mass is 79.9. The van der Waals surface area contributed by atoms with Crippen LogP contribution >= 0.6 is 15.9 Å². The van der Waals surface area contributed by atoms with Crippen LogP contribution in [0.15, 0.2) is 28.7 Å². The number of nitrogens with two attached hydrogens (primary N) is 1. The first-order valence-electron chi connectivity index (χ1n) is 4.92. The van der Waals surface area contributed by atoms with Crippen molar-refractivity contribution in [1.82, 2.24) is 0 Å². The molecule has 1 rings (SSSR count). The number of hydrogen-bond acceptors (Lipinski definition) is 3. The number of esters is 1. The standard InChI is InChI=1S/C11H11BrF3NO2/c1-10(16,11(13,14)15)9(17)18-6-7-3-2-4-8(12)5-7/h2-5H,6,16H2,1H3. The maximum absolute atomic E-state index is 12.4. The third-order valence-electron chi connectivity index (χ3n) is 2.27. The van der Waals surface area contributed by atoms with Crippen LogP contribution in [0.2, 0.25) is 0 Å². The van der Waals surface area contributed by atoms with Crippen molar-refractivity contribution in [3.63, 3.8) is 0 Å². The minimum Gasteiger partial charge on any atom is -0.459 e. The summed E-state index contributed by atoms with van der Waals surface area (Å²) >= 11 is 3.20. The Kier molecular flexibility index (Phi) is 4.39. The second-order valence-corrected chi connectivity index (χ2v) is 4.82. The molecule has 0 aromatic heterocycles. The fraction of sp³-hybridized carbons (Fsp3) is 0.364. The third-order valence-corrected chi connectivity index (χ3v) is 2.77. The van der Waals surface area contributed by atoms with Crippen molar-refractivity contribution in [2.24, 2.45) is 5.73 Å². The van der Waals surface area contributed by atoms with E-state index in [1.807, 2.05) is 0 Å². The average Bonchev–Trinajstić information content (AvgIpc) is 2.24. The second kappa shape index (κ2) is 5.27. The summed E-state index contributed by atoms with van der Waals surface area (Å²) in [6.07, 6.45) is -4.85. The Hall–Kier alpha value is -1.08. The molecule has 0 amide bonds. The maximum atomic E-state index is 12.4. The highest BCUT2D eigenvalue weighted by molar-refractivity contribution is 9.10. The topological polar surface area (TPSA) is 52.3 Å². The minimum absolute atomic E-state index is 0.263. The lowest BCUT2D eigenvalue weighted by Crippen LogP contribution is -2.57. The number of ether oxygens (including phenoxy) is 1. The quantitative estimate of drug-likeness (QED) is 0.869. The van der Waals surface area contributed by atoms with Crippen molar-refractivity contribution in [2.45, 2.75) is 25.2 Å². The van der Waals surface area contributed by atoms with E-state index in [1.54, 1.807) is 24.3 Å². The Morgan fingerprint density at radius 3 is 2.56 bits per heavy atom. The molecule has 0 aliphatic rings. The van der Waals surface area contributed by atoms with Crippen LogP contribution < -0.4 is 5.73 Å². The zero-order chi connectivity index (χ0) is 14.0. The summed E-state index contributed by atoms with van der Waals surface area (Å²) in [5.74, 6) is -1.50. The predicted molar refractivity (Wildman–Crippen MR) is 62.6 cm³/mol. The first-order chi connectivity index (χ1) is 8.14. The molecule has 1 aromatic rings. The Morgan fingerprint density at radius 1 is 1.44 bits per heavy atom. The minimum atomic E-state index is -4.85. The van der Waals surface area contributed by atoms with Gasteiger partial charge in [-0.1, -0.05) is 28.1 Å². The van der Waals surface area contributed by atoms with E-state index in [9.17, 15) is 18.0 Å². The Balaban J connectivity index is 2.67. The molecule has 1 atom stereocenters. The molecule has 0 aliphatic heterocycles. The van der Waals surface area contributed by atoms with Gasteiger partial charge < -0.3 is 10.5 Å². The van der Waals surface area contributed by atoms with Gasteiger partial charge in [0, 0.05) is 4.47 Å². The van der Waals surface area contributed by atoms with E-state index in [1.165, 1.54) is 0 Å². The zero-order valence-corrected chi connectivity index (χ0v) is 11.0. The van der Waals surface area contributed by atoms with Crippen LogP contribution in [0.4, 0.5) is 13.2 Å². The monoisotopic (exact) mass is 325 g/mol. The molecular weight excluding hydrogens is 315 g/mol. The van der Waals surface area contributed by atoms with Gasteiger partial charge in [0.2, 0.25) is 5.54 Å². The summed E-state index contributed by atoms with van der Waals surface area (Å²) in [7, 11) is 0. The van der Waals surface area contributed by atoms with Crippen LogP contribution in [0.3, 0.4) is 0 Å². The predicted octanol–water partition coefficient (Wildman–Crippen LogP) is 2.77. The van der Waals surface area contributed by atoms with Crippen molar-refractivity contribution in [3.05, 3.63) is 34.3 Å². The molecular formula is C11H11BrF3NO2. The molecule has 0 aliphatic carbocycles. The molecule has 1 unspecified atom stereocenters. The SMILES string of the molecule is CC(N)(C(=O)OCc1cccc(Br)c1)C(F)(F)F. The van der Waals surface area contributed by atoms with Crippen molar-refractivity contribution in [3.8, 4) is 0 Å². The summed E-state index contributed by atoms with van der Waals surface area (Å²) in [5.41, 5.74) is 2.49. The number of halogens is 4. The van der Waals surface area contributed by atoms with Crippen LogP contribution in [0.25, 0.3) is 0 Å². The van der Waals surface area contributed by atoms with Crippen LogP contribution in [-0.4, -0.2) is 17.7 Å². The molecule has 18 heavy (non-hydrogen) atoms. The Morgan fingerprint density at radius 2 is 2.06 bits per heavy atom. The second-order valence-electron chi connectivity index (χ2n) is 3.91. The number of alkyl halides is 3. The summed E-state index contributed by atoms with van der Waals surface area (Å²) in [5, 5.41) is 0. The van der Waals surface area contributed by atoms with Gasteiger partial charge in [0.05, 0.1) is 0 Å². The van der Waals surface area contributed by atoms with E-state index >= 15 is 0 Å². The van der Waals surface area contributed by atoms with Crippen LogP contribution in [0, 0.1) is 0 Å². The number of carbonyl (C=O) groups is 1.